The number of anilines is 2. The summed E-state index contributed by atoms with van der Waals surface area (Å²) in [4.78, 5) is 25.5. The van der Waals surface area contributed by atoms with Gasteiger partial charge in [-0.05, 0) is 61.5 Å². The Labute approximate surface area is 186 Å². The molecule has 3 aromatic carbocycles. The molecule has 0 aliphatic rings. The van der Waals surface area contributed by atoms with Gasteiger partial charge >= 0.3 is 6.18 Å². The molecule has 0 saturated heterocycles. The number of rotatable bonds is 6. The summed E-state index contributed by atoms with van der Waals surface area (Å²) in [7, 11) is 0. The van der Waals surface area contributed by atoms with Crippen molar-refractivity contribution in [2.75, 3.05) is 10.6 Å². The summed E-state index contributed by atoms with van der Waals surface area (Å²) in [5, 5.41) is 4.03. The van der Waals surface area contributed by atoms with Gasteiger partial charge in [0.25, 0.3) is 5.91 Å². The Bertz CT molecular complexity index is 1100. The van der Waals surface area contributed by atoms with Crippen LogP contribution in [0.15, 0.2) is 77.7 Å². The van der Waals surface area contributed by atoms with Crippen LogP contribution in [0.5, 0.6) is 0 Å². The van der Waals surface area contributed by atoms with Gasteiger partial charge in [0.2, 0.25) is 5.91 Å². The fourth-order valence-electron chi connectivity index (χ4n) is 2.76. The van der Waals surface area contributed by atoms with Crippen LogP contribution in [-0.2, 0) is 11.0 Å². The summed E-state index contributed by atoms with van der Waals surface area (Å²) in [6, 6.07) is 16.7. The van der Waals surface area contributed by atoms with Crippen LogP contribution >= 0.6 is 11.8 Å². The third-order valence-corrected chi connectivity index (χ3v) is 5.48. The highest BCUT2D eigenvalue weighted by molar-refractivity contribution is 8.00. The van der Waals surface area contributed by atoms with E-state index in [1.54, 1.807) is 31.2 Å². The minimum Gasteiger partial charge on any atom is -0.325 e. The predicted octanol–water partition coefficient (Wildman–Crippen LogP) is 6.22. The summed E-state index contributed by atoms with van der Waals surface area (Å²) in [5.74, 6) is -1.82. The van der Waals surface area contributed by atoms with Crippen LogP contribution in [0.2, 0.25) is 0 Å². The molecule has 0 spiro atoms. The molecule has 0 aliphatic heterocycles. The van der Waals surface area contributed by atoms with Crippen molar-refractivity contribution in [2.45, 2.75) is 23.2 Å². The zero-order valence-electron chi connectivity index (χ0n) is 16.7. The number of hydrogen-bond donors (Lipinski definition) is 2. The molecule has 4 nitrogen and oxygen atoms in total. The smallest absolute Gasteiger partial charge is 0.325 e. The standard InChI is InChI=1S/C23H18F4N2O2S/c1-14(32-18-5-3-2-4-6-18)21(30)29-20-12-11-17(13-19(20)23(25,26)27)28-22(31)15-7-9-16(24)10-8-15/h2-14H,1H3,(H,28,31)(H,29,30). The molecule has 0 aromatic heterocycles. The molecule has 9 heteroatoms. The van der Waals surface area contributed by atoms with E-state index in [1.165, 1.54) is 30.0 Å². The van der Waals surface area contributed by atoms with Crippen LogP contribution in [0.4, 0.5) is 28.9 Å². The highest BCUT2D eigenvalue weighted by Gasteiger charge is 2.35. The molecular weight excluding hydrogens is 444 g/mol. The first kappa shape index (κ1) is 23.3. The molecule has 3 rings (SSSR count). The molecule has 2 amide bonds. The second-order valence-electron chi connectivity index (χ2n) is 6.78. The highest BCUT2D eigenvalue weighted by Crippen LogP contribution is 2.37. The molecule has 3 aromatic rings. The summed E-state index contributed by atoms with van der Waals surface area (Å²) in [5.41, 5.74) is -1.54. The number of amides is 2. The van der Waals surface area contributed by atoms with Crippen LogP contribution in [-0.4, -0.2) is 17.1 Å². The second kappa shape index (κ2) is 9.86. The third kappa shape index (κ3) is 6.10. The molecule has 0 fully saturated rings. The lowest BCUT2D eigenvalue weighted by Gasteiger charge is -2.18. The average Bonchev–Trinajstić information content (AvgIpc) is 2.75. The van der Waals surface area contributed by atoms with Crippen molar-refractivity contribution in [3.63, 3.8) is 0 Å². The van der Waals surface area contributed by atoms with E-state index in [4.69, 9.17) is 0 Å². The van der Waals surface area contributed by atoms with Crippen molar-refractivity contribution in [2.24, 2.45) is 0 Å². The Morgan fingerprint density at radius 3 is 2.19 bits per heavy atom. The fraction of sp³-hybridized carbons (Fsp3) is 0.130. The van der Waals surface area contributed by atoms with E-state index >= 15 is 0 Å². The summed E-state index contributed by atoms with van der Waals surface area (Å²) in [6.45, 7) is 1.59. The zero-order valence-corrected chi connectivity index (χ0v) is 17.6. The topological polar surface area (TPSA) is 58.2 Å². The van der Waals surface area contributed by atoms with Gasteiger partial charge in [-0.25, -0.2) is 4.39 Å². The zero-order chi connectivity index (χ0) is 23.3. The van der Waals surface area contributed by atoms with Gasteiger partial charge in [0.15, 0.2) is 0 Å². The van der Waals surface area contributed by atoms with Gasteiger partial charge < -0.3 is 10.6 Å². The second-order valence-corrected chi connectivity index (χ2v) is 8.20. The van der Waals surface area contributed by atoms with E-state index in [0.717, 1.165) is 29.2 Å². The van der Waals surface area contributed by atoms with Gasteiger partial charge in [0.05, 0.1) is 16.5 Å². The van der Waals surface area contributed by atoms with Gasteiger partial charge in [-0.15, -0.1) is 11.8 Å². The van der Waals surface area contributed by atoms with E-state index in [0.29, 0.717) is 0 Å². The maximum absolute atomic E-state index is 13.6. The van der Waals surface area contributed by atoms with Gasteiger partial charge in [-0.1, -0.05) is 18.2 Å². The van der Waals surface area contributed by atoms with Crippen LogP contribution in [0, 0.1) is 5.82 Å². The van der Waals surface area contributed by atoms with E-state index in [1.807, 2.05) is 6.07 Å². The van der Waals surface area contributed by atoms with Crippen molar-refractivity contribution in [1.29, 1.82) is 0 Å². The predicted molar refractivity (Wildman–Crippen MR) is 116 cm³/mol. The lowest BCUT2D eigenvalue weighted by atomic mass is 10.1. The van der Waals surface area contributed by atoms with Crippen molar-refractivity contribution < 1.29 is 27.2 Å². The molecule has 1 atom stereocenters. The van der Waals surface area contributed by atoms with Crippen LogP contribution in [0.1, 0.15) is 22.8 Å². The molecule has 0 radical (unpaired) electrons. The Morgan fingerprint density at radius 2 is 1.56 bits per heavy atom. The Balaban J connectivity index is 1.77. The Hall–Kier alpha value is -3.33. The average molecular weight is 462 g/mol. The summed E-state index contributed by atoms with van der Waals surface area (Å²) < 4.78 is 53.9. The highest BCUT2D eigenvalue weighted by atomic mass is 32.2. The first-order valence-corrected chi connectivity index (χ1v) is 10.3. The molecule has 0 bridgehead atoms. The lowest BCUT2D eigenvalue weighted by molar-refractivity contribution is -0.136. The molecular formula is C23H18F4N2O2S. The molecule has 2 N–H and O–H groups in total. The number of alkyl halides is 3. The van der Waals surface area contributed by atoms with Gasteiger partial charge in [0, 0.05) is 16.1 Å². The maximum Gasteiger partial charge on any atom is 0.418 e. The minimum atomic E-state index is -4.77. The fourth-order valence-corrected chi connectivity index (χ4v) is 3.65. The SMILES string of the molecule is CC(Sc1ccccc1)C(=O)Nc1ccc(NC(=O)c2ccc(F)cc2)cc1C(F)(F)F. The minimum absolute atomic E-state index is 0.0871. The van der Waals surface area contributed by atoms with E-state index in [9.17, 15) is 27.2 Å². The molecule has 0 heterocycles. The quantitative estimate of drug-likeness (QED) is 0.338. The number of halogens is 4. The van der Waals surface area contributed by atoms with Crippen molar-refractivity contribution in [3.8, 4) is 0 Å². The van der Waals surface area contributed by atoms with Crippen molar-refractivity contribution >= 4 is 35.0 Å². The first-order valence-electron chi connectivity index (χ1n) is 9.44. The number of thioether (sulfide) groups is 1. The summed E-state index contributed by atoms with van der Waals surface area (Å²) >= 11 is 1.22. The molecule has 0 saturated carbocycles. The van der Waals surface area contributed by atoms with Crippen molar-refractivity contribution in [3.05, 3.63) is 89.7 Å². The number of carbonyl (C=O) groups is 2. The number of carbonyl (C=O) groups excluding carboxylic acids is 2. The van der Waals surface area contributed by atoms with Crippen LogP contribution in [0.3, 0.4) is 0 Å². The van der Waals surface area contributed by atoms with E-state index < -0.39 is 40.3 Å². The van der Waals surface area contributed by atoms with Gasteiger partial charge in [-0.3, -0.25) is 9.59 Å². The molecule has 166 valence electrons. The third-order valence-electron chi connectivity index (χ3n) is 4.37. The van der Waals surface area contributed by atoms with E-state index in [-0.39, 0.29) is 11.3 Å². The molecule has 0 aliphatic carbocycles. The Morgan fingerprint density at radius 1 is 0.906 bits per heavy atom. The van der Waals surface area contributed by atoms with E-state index in [2.05, 4.69) is 10.6 Å². The number of hydrogen-bond acceptors (Lipinski definition) is 3. The summed E-state index contributed by atoms with van der Waals surface area (Å²) in [6.07, 6.45) is -4.77. The van der Waals surface area contributed by atoms with Crippen LogP contribution < -0.4 is 10.6 Å². The first-order chi connectivity index (χ1) is 15.1. The van der Waals surface area contributed by atoms with Gasteiger partial charge in [0.1, 0.15) is 5.82 Å². The molecule has 32 heavy (non-hydrogen) atoms. The Kier molecular flexibility index (Phi) is 7.19. The van der Waals surface area contributed by atoms with Gasteiger partial charge in [-0.2, -0.15) is 13.2 Å². The normalized spacial score (nSPS) is 12.2. The number of nitrogens with one attached hydrogen (secondary N) is 2. The molecule has 1 unspecified atom stereocenters. The lowest BCUT2D eigenvalue weighted by Crippen LogP contribution is -2.24. The number of benzene rings is 3. The maximum atomic E-state index is 13.6. The largest absolute Gasteiger partial charge is 0.418 e. The van der Waals surface area contributed by atoms with Crippen LogP contribution in [0.25, 0.3) is 0 Å². The van der Waals surface area contributed by atoms with Crippen molar-refractivity contribution in [1.82, 2.24) is 0 Å². The monoisotopic (exact) mass is 462 g/mol.